The number of nitrogens with one attached hydrogen (secondary N) is 3. The molecular weight excluding hydrogens is 364 g/mol. The van der Waals surface area contributed by atoms with Crippen molar-refractivity contribution in [1.29, 1.82) is 0 Å². The highest BCUT2D eigenvalue weighted by atomic mass is 79.9. The lowest BCUT2D eigenvalue weighted by Crippen LogP contribution is -3.15. The van der Waals surface area contributed by atoms with Crippen molar-refractivity contribution in [3.63, 3.8) is 0 Å². The molecule has 1 aliphatic heterocycles. The maximum absolute atomic E-state index is 12.3. The Bertz CT molecular complexity index is 622. The fourth-order valence-corrected chi connectivity index (χ4v) is 2.67. The highest BCUT2D eigenvalue weighted by Gasteiger charge is 2.34. The number of likely N-dealkylation sites (N-methyl/N-ethyl adjacent to an activating group) is 1. The number of imide groups is 1. The summed E-state index contributed by atoms with van der Waals surface area (Å²) in [5.74, 6) is -0.467. The molecule has 8 heteroatoms. The summed E-state index contributed by atoms with van der Waals surface area (Å²) in [6, 6.07) is 6.47. The molecular formula is C15H20BrN4O3+. The molecule has 2 atom stereocenters. The van der Waals surface area contributed by atoms with Gasteiger partial charge in [-0.1, -0.05) is 12.1 Å². The van der Waals surface area contributed by atoms with Gasteiger partial charge in [-0.2, -0.15) is 0 Å². The lowest BCUT2D eigenvalue weighted by molar-refractivity contribution is -0.886. The molecule has 0 bridgehead atoms. The molecule has 1 fully saturated rings. The van der Waals surface area contributed by atoms with Gasteiger partial charge in [0.05, 0.1) is 12.7 Å². The molecule has 1 unspecified atom stereocenters. The third kappa shape index (κ3) is 4.29. The molecule has 0 aromatic heterocycles. The summed E-state index contributed by atoms with van der Waals surface area (Å²) in [6.07, 6.45) is 0. The maximum atomic E-state index is 12.3. The molecule has 1 aromatic rings. The van der Waals surface area contributed by atoms with Crippen molar-refractivity contribution in [1.82, 2.24) is 10.2 Å². The molecule has 1 aromatic carbocycles. The SMILES string of the molecule is C[C@H](C(=O)N1CCNC1=O)[NH+](C)CC(=O)Nc1ccccc1Br. The Morgan fingerprint density at radius 1 is 1.43 bits per heavy atom. The molecule has 23 heavy (non-hydrogen) atoms. The lowest BCUT2D eigenvalue weighted by Gasteiger charge is -2.23. The van der Waals surface area contributed by atoms with Gasteiger partial charge in [-0.05, 0) is 35.0 Å². The van der Waals surface area contributed by atoms with Crippen LogP contribution in [0.15, 0.2) is 28.7 Å². The van der Waals surface area contributed by atoms with E-state index >= 15 is 0 Å². The molecule has 4 amide bonds. The first kappa shape index (κ1) is 17.4. The first-order valence-corrected chi connectivity index (χ1v) is 8.15. The molecule has 7 nitrogen and oxygen atoms in total. The van der Waals surface area contributed by atoms with Crippen LogP contribution in [0.4, 0.5) is 10.5 Å². The highest BCUT2D eigenvalue weighted by Crippen LogP contribution is 2.20. The number of carbonyl (C=O) groups excluding carboxylic acids is 3. The molecule has 0 saturated carbocycles. The number of anilines is 1. The fraction of sp³-hybridized carbons (Fsp3) is 0.400. The maximum Gasteiger partial charge on any atom is 0.324 e. The van der Waals surface area contributed by atoms with Gasteiger partial charge in [-0.15, -0.1) is 0 Å². The van der Waals surface area contributed by atoms with Crippen molar-refractivity contribution in [2.24, 2.45) is 0 Å². The predicted molar refractivity (Wildman–Crippen MR) is 89.1 cm³/mol. The third-order valence-corrected chi connectivity index (χ3v) is 4.51. The molecule has 1 aliphatic rings. The van der Waals surface area contributed by atoms with Crippen LogP contribution in [0.2, 0.25) is 0 Å². The summed E-state index contributed by atoms with van der Waals surface area (Å²) < 4.78 is 0.795. The van der Waals surface area contributed by atoms with Gasteiger partial charge in [-0.25, -0.2) is 4.79 Å². The van der Waals surface area contributed by atoms with E-state index in [2.05, 4.69) is 26.6 Å². The van der Waals surface area contributed by atoms with E-state index in [0.29, 0.717) is 18.8 Å². The van der Waals surface area contributed by atoms with Crippen molar-refractivity contribution >= 4 is 39.5 Å². The minimum atomic E-state index is -0.483. The number of benzene rings is 1. The Hall–Kier alpha value is -1.93. The fourth-order valence-electron chi connectivity index (χ4n) is 2.29. The minimum absolute atomic E-state index is 0.129. The molecule has 0 aliphatic carbocycles. The number of halogens is 1. The van der Waals surface area contributed by atoms with Crippen LogP contribution < -0.4 is 15.5 Å². The number of nitrogens with zero attached hydrogens (tertiary/aromatic N) is 1. The van der Waals surface area contributed by atoms with Crippen LogP contribution >= 0.6 is 15.9 Å². The van der Waals surface area contributed by atoms with E-state index in [4.69, 9.17) is 0 Å². The Morgan fingerprint density at radius 3 is 2.74 bits per heavy atom. The quantitative estimate of drug-likeness (QED) is 0.660. The minimum Gasteiger partial charge on any atom is -0.336 e. The largest absolute Gasteiger partial charge is 0.336 e. The molecule has 2 rings (SSSR count). The standard InChI is InChI=1S/C15H19BrN4O3/c1-10(14(22)20-8-7-17-15(20)23)19(2)9-13(21)18-12-6-4-3-5-11(12)16/h3-6,10H,7-9H2,1-2H3,(H,17,23)(H,18,21)/p+1/t10-/m1/s1. The smallest absolute Gasteiger partial charge is 0.324 e. The van der Waals surface area contributed by atoms with Crippen molar-refractivity contribution in [2.75, 3.05) is 32.0 Å². The van der Waals surface area contributed by atoms with Crippen LogP contribution in [-0.2, 0) is 9.59 Å². The van der Waals surface area contributed by atoms with Gasteiger partial charge in [0.15, 0.2) is 12.6 Å². The summed E-state index contributed by atoms with van der Waals surface area (Å²) in [5, 5.41) is 5.40. The number of rotatable bonds is 5. The van der Waals surface area contributed by atoms with Crippen molar-refractivity contribution in [3.05, 3.63) is 28.7 Å². The van der Waals surface area contributed by atoms with Crippen LogP contribution in [0.3, 0.4) is 0 Å². The molecule has 0 radical (unpaired) electrons. The molecule has 1 saturated heterocycles. The highest BCUT2D eigenvalue weighted by molar-refractivity contribution is 9.10. The molecule has 3 N–H and O–H groups in total. The zero-order valence-corrected chi connectivity index (χ0v) is 14.6. The topological polar surface area (TPSA) is 83.0 Å². The summed E-state index contributed by atoms with van der Waals surface area (Å²) in [6.45, 7) is 2.69. The number of para-hydroxylation sites is 1. The van der Waals surface area contributed by atoms with Crippen LogP contribution in [0.1, 0.15) is 6.92 Å². The molecule has 1 heterocycles. The number of urea groups is 1. The lowest BCUT2D eigenvalue weighted by atomic mass is 10.2. The van der Waals surface area contributed by atoms with E-state index in [0.717, 1.165) is 9.37 Å². The van der Waals surface area contributed by atoms with Gasteiger partial charge in [0, 0.05) is 17.6 Å². The third-order valence-electron chi connectivity index (χ3n) is 3.82. The molecule has 124 valence electrons. The van der Waals surface area contributed by atoms with Crippen LogP contribution in [0.5, 0.6) is 0 Å². The van der Waals surface area contributed by atoms with E-state index in [9.17, 15) is 14.4 Å². The second kappa shape index (κ2) is 7.56. The van der Waals surface area contributed by atoms with Gasteiger partial charge >= 0.3 is 6.03 Å². The Balaban J connectivity index is 1.91. The second-order valence-corrected chi connectivity index (χ2v) is 6.35. The van der Waals surface area contributed by atoms with Crippen molar-refractivity contribution in [3.8, 4) is 0 Å². The van der Waals surface area contributed by atoms with Crippen molar-refractivity contribution in [2.45, 2.75) is 13.0 Å². The first-order chi connectivity index (χ1) is 10.9. The van der Waals surface area contributed by atoms with Gasteiger partial charge in [-0.3, -0.25) is 14.5 Å². The Labute approximate surface area is 143 Å². The van der Waals surface area contributed by atoms with Crippen LogP contribution in [-0.4, -0.2) is 55.5 Å². The van der Waals surface area contributed by atoms with E-state index in [1.165, 1.54) is 4.90 Å². The number of hydrogen-bond acceptors (Lipinski definition) is 3. The normalized spacial score (nSPS) is 16.7. The number of carbonyl (C=O) groups is 3. The zero-order chi connectivity index (χ0) is 17.0. The summed E-state index contributed by atoms with van der Waals surface area (Å²) in [7, 11) is 1.76. The zero-order valence-electron chi connectivity index (χ0n) is 13.1. The van der Waals surface area contributed by atoms with Gasteiger partial charge in [0.2, 0.25) is 0 Å². The summed E-state index contributed by atoms with van der Waals surface area (Å²) >= 11 is 3.37. The first-order valence-electron chi connectivity index (χ1n) is 7.36. The van der Waals surface area contributed by atoms with E-state index < -0.39 is 6.04 Å². The van der Waals surface area contributed by atoms with E-state index in [1.54, 1.807) is 20.0 Å². The monoisotopic (exact) mass is 383 g/mol. The predicted octanol–water partition coefficient (Wildman–Crippen LogP) is -0.157. The Kier molecular flexibility index (Phi) is 5.73. The number of amides is 4. The number of quaternary nitrogens is 1. The van der Waals surface area contributed by atoms with Crippen LogP contribution in [0, 0.1) is 0 Å². The van der Waals surface area contributed by atoms with E-state index in [1.807, 2.05) is 18.2 Å². The van der Waals surface area contributed by atoms with Gasteiger partial charge < -0.3 is 15.5 Å². The average molecular weight is 384 g/mol. The van der Waals surface area contributed by atoms with Gasteiger partial charge in [0.25, 0.3) is 11.8 Å². The number of hydrogen-bond donors (Lipinski definition) is 3. The second-order valence-electron chi connectivity index (χ2n) is 5.49. The summed E-state index contributed by atoms with van der Waals surface area (Å²) in [5.41, 5.74) is 0.684. The average Bonchev–Trinajstić information content (AvgIpc) is 2.94. The Morgan fingerprint density at radius 2 is 2.13 bits per heavy atom. The van der Waals surface area contributed by atoms with Crippen LogP contribution in [0.25, 0.3) is 0 Å². The molecule has 0 spiro atoms. The van der Waals surface area contributed by atoms with Crippen molar-refractivity contribution < 1.29 is 19.3 Å². The summed E-state index contributed by atoms with van der Waals surface area (Å²) in [4.78, 5) is 37.9. The van der Waals surface area contributed by atoms with Gasteiger partial charge in [0.1, 0.15) is 0 Å². The van der Waals surface area contributed by atoms with E-state index in [-0.39, 0.29) is 24.4 Å².